The second-order valence-electron chi connectivity index (χ2n) is 3.50. The Balaban J connectivity index is 2.51. The van der Waals surface area contributed by atoms with Gasteiger partial charge in [0.1, 0.15) is 18.2 Å². The van der Waals surface area contributed by atoms with Gasteiger partial charge in [0.05, 0.1) is 15.6 Å². The van der Waals surface area contributed by atoms with Crippen LogP contribution in [0.3, 0.4) is 0 Å². The molecule has 6 heteroatoms. The lowest BCUT2D eigenvalue weighted by Gasteiger charge is -2.07. The largest absolute Gasteiger partial charge is 0.398 e. The van der Waals surface area contributed by atoms with Gasteiger partial charge in [-0.1, -0.05) is 46.2 Å². The van der Waals surface area contributed by atoms with E-state index in [0.717, 1.165) is 4.91 Å². The molecule has 2 rings (SSSR count). The van der Waals surface area contributed by atoms with E-state index in [1.165, 1.54) is 18.9 Å². The number of hydrogen-bond donors (Lipinski definition) is 0. The fraction of sp³-hybridized carbons (Fsp3) is 0.0769. The van der Waals surface area contributed by atoms with E-state index in [4.69, 9.17) is 28.0 Å². The molecule has 0 unspecified atom stereocenters. The lowest BCUT2D eigenvalue weighted by Crippen LogP contribution is -1.89. The normalized spacial score (nSPS) is 18.5. The van der Waals surface area contributed by atoms with Crippen LogP contribution in [0, 0.1) is 11.3 Å². The van der Waals surface area contributed by atoms with Gasteiger partial charge in [-0.2, -0.15) is 5.26 Å². The summed E-state index contributed by atoms with van der Waals surface area (Å²) in [5.74, 6) is 0. The number of oxime groups is 1. The first-order chi connectivity index (χ1) is 9.17. The zero-order chi connectivity index (χ0) is 13.8. The van der Waals surface area contributed by atoms with Gasteiger partial charge in [-0.3, -0.25) is 0 Å². The summed E-state index contributed by atoms with van der Waals surface area (Å²) in [6.07, 6.45) is 3.56. The number of allylic oxidation sites excluding steroid dienone is 2. The van der Waals surface area contributed by atoms with Gasteiger partial charge in [0.25, 0.3) is 0 Å². The van der Waals surface area contributed by atoms with Gasteiger partial charge >= 0.3 is 0 Å². The molecule has 0 bridgehead atoms. The minimum Gasteiger partial charge on any atom is -0.398 e. The minimum atomic E-state index is 0.429. The number of halogens is 2. The summed E-state index contributed by atoms with van der Waals surface area (Å²) in [5.41, 5.74) is 0.970. The third-order valence-electron chi connectivity index (χ3n) is 2.34. The Labute approximate surface area is 125 Å². The summed E-state index contributed by atoms with van der Waals surface area (Å²) in [6, 6.07) is 7.29. The summed E-state index contributed by atoms with van der Waals surface area (Å²) < 4.78 is 0. The van der Waals surface area contributed by atoms with E-state index in [0.29, 0.717) is 26.2 Å². The Kier molecular flexibility index (Phi) is 4.54. The van der Waals surface area contributed by atoms with E-state index >= 15 is 0 Å². The van der Waals surface area contributed by atoms with Gasteiger partial charge < -0.3 is 4.84 Å². The molecule has 0 fully saturated rings. The predicted molar refractivity (Wildman–Crippen MR) is 80.2 cm³/mol. The molecule has 1 heterocycles. The highest BCUT2D eigenvalue weighted by Crippen LogP contribution is 2.38. The fourth-order valence-electron chi connectivity index (χ4n) is 1.57. The average molecular weight is 311 g/mol. The van der Waals surface area contributed by atoms with E-state index < -0.39 is 0 Å². The lowest BCUT2D eigenvalue weighted by molar-refractivity contribution is 0.215. The first-order valence-corrected chi connectivity index (χ1v) is 6.80. The summed E-state index contributed by atoms with van der Waals surface area (Å²) in [5, 5.41) is 14.7. The van der Waals surface area contributed by atoms with Crippen molar-refractivity contribution < 1.29 is 4.84 Å². The van der Waals surface area contributed by atoms with Gasteiger partial charge in [0, 0.05) is 10.5 Å². The van der Waals surface area contributed by atoms with Crippen molar-refractivity contribution in [1.82, 2.24) is 0 Å². The molecule has 3 nitrogen and oxygen atoms in total. The van der Waals surface area contributed by atoms with E-state index in [9.17, 15) is 5.26 Å². The molecule has 1 aliphatic rings. The Morgan fingerprint density at radius 2 is 2.00 bits per heavy atom. The summed E-state index contributed by atoms with van der Waals surface area (Å²) >= 11 is 13.6. The van der Waals surface area contributed by atoms with Crippen molar-refractivity contribution in [3.8, 4) is 6.07 Å². The molecule has 1 aromatic rings. The maximum Gasteiger partial charge on any atom is 0.140 e. The van der Waals surface area contributed by atoms with Gasteiger partial charge in [0.2, 0.25) is 0 Å². The van der Waals surface area contributed by atoms with Crippen LogP contribution in [0.25, 0.3) is 5.57 Å². The lowest BCUT2D eigenvalue weighted by atomic mass is 10.1. The maximum absolute atomic E-state index is 9.36. The Hall–Kier alpha value is -1.41. The number of thioether (sulfide) groups is 1. The summed E-state index contributed by atoms with van der Waals surface area (Å²) in [6.45, 7) is 0. The zero-order valence-corrected chi connectivity index (χ0v) is 12.2. The van der Waals surface area contributed by atoms with Crippen LogP contribution in [0.2, 0.25) is 10.0 Å². The predicted octanol–water partition coefficient (Wildman–Crippen LogP) is 4.49. The third kappa shape index (κ3) is 2.95. The van der Waals surface area contributed by atoms with Gasteiger partial charge in [-0.15, -0.1) is 0 Å². The molecule has 0 aliphatic carbocycles. The number of benzene rings is 1. The number of hydrogen-bond acceptors (Lipinski definition) is 4. The fourth-order valence-corrected chi connectivity index (χ4v) is 3.02. The van der Waals surface area contributed by atoms with E-state index in [1.807, 2.05) is 0 Å². The Morgan fingerprint density at radius 3 is 2.58 bits per heavy atom. The molecule has 0 saturated carbocycles. The van der Waals surface area contributed by atoms with Crippen molar-refractivity contribution in [2.75, 3.05) is 7.11 Å². The summed E-state index contributed by atoms with van der Waals surface area (Å²) in [4.78, 5) is 5.44. The Morgan fingerprint density at radius 1 is 1.32 bits per heavy atom. The van der Waals surface area contributed by atoms with E-state index in [1.54, 1.807) is 30.4 Å². The second-order valence-corrected chi connectivity index (χ2v) is 5.37. The van der Waals surface area contributed by atoms with E-state index in [2.05, 4.69) is 11.2 Å². The number of nitriles is 1. The van der Waals surface area contributed by atoms with E-state index in [-0.39, 0.29) is 0 Å². The van der Waals surface area contributed by atoms with Crippen LogP contribution in [0.4, 0.5) is 0 Å². The SMILES string of the molecule is CON=C1C=C/C(=C(/C#N)c2c(Cl)cccc2Cl)S1. The Bertz CT molecular complexity index is 624. The average Bonchev–Trinajstić information content (AvgIpc) is 2.83. The molecule has 0 amide bonds. The van der Waals surface area contributed by atoms with Gasteiger partial charge in [-0.05, 0) is 24.3 Å². The van der Waals surface area contributed by atoms with Crippen LogP contribution >= 0.6 is 35.0 Å². The van der Waals surface area contributed by atoms with Crippen molar-refractivity contribution in [2.24, 2.45) is 5.16 Å². The van der Waals surface area contributed by atoms with Crippen molar-refractivity contribution in [3.05, 3.63) is 50.9 Å². The molecule has 1 aromatic carbocycles. The molecule has 0 spiro atoms. The number of rotatable bonds is 2. The molecule has 96 valence electrons. The first kappa shape index (κ1) is 14.0. The zero-order valence-electron chi connectivity index (χ0n) is 9.85. The summed E-state index contributed by atoms with van der Waals surface area (Å²) in [7, 11) is 1.47. The van der Waals surface area contributed by atoms with Crippen LogP contribution in [-0.4, -0.2) is 12.2 Å². The quantitative estimate of drug-likeness (QED) is 0.597. The molecule has 0 N–H and O–H groups in total. The minimum absolute atomic E-state index is 0.429. The highest BCUT2D eigenvalue weighted by Gasteiger charge is 2.19. The van der Waals surface area contributed by atoms with Crippen molar-refractivity contribution in [3.63, 3.8) is 0 Å². The highest BCUT2D eigenvalue weighted by atomic mass is 35.5. The monoisotopic (exact) mass is 310 g/mol. The third-order valence-corrected chi connectivity index (χ3v) is 3.95. The molecule has 0 aromatic heterocycles. The molecule has 0 radical (unpaired) electrons. The van der Waals surface area contributed by atoms with Crippen molar-refractivity contribution >= 4 is 45.6 Å². The molecular formula is C13H8Cl2N2OS. The second kappa shape index (κ2) is 6.16. The highest BCUT2D eigenvalue weighted by molar-refractivity contribution is 8.18. The molecule has 1 aliphatic heterocycles. The van der Waals surface area contributed by atoms with Gasteiger partial charge in [0.15, 0.2) is 0 Å². The van der Waals surface area contributed by atoms with Crippen LogP contribution < -0.4 is 0 Å². The number of nitrogens with zero attached hydrogens (tertiary/aromatic N) is 2. The molecule has 19 heavy (non-hydrogen) atoms. The first-order valence-electron chi connectivity index (χ1n) is 5.23. The van der Waals surface area contributed by atoms with Crippen LogP contribution in [0.15, 0.2) is 40.4 Å². The van der Waals surface area contributed by atoms with Crippen LogP contribution in [0.5, 0.6) is 0 Å². The molecular weight excluding hydrogens is 303 g/mol. The van der Waals surface area contributed by atoms with Crippen LogP contribution in [-0.2, 0) is 4.84 Å². The topological polar surface area (TPSA) is 45.4 Å². The van der Waals surface area contributed by atoms with Crippen LogP contribution in [0.1, 0.15) is 5.56 Å². The molecule has 0 atom stereocenters. The van der Waals surface area contributed by atoms with Crippen molar-refractivity contribution in [2.45, 2.75) is 0 Å². The maximum atomic E-state index is 9.36. The smallest absolute Gasteiger partial charge is 0.140 e. The van der Waals surface area contributed by atoms with Crippen molar-refractivity contribution in [1.29, 1.82) is 5.26 Å². The molecule has 0 saturated heterocycles. The standard InChI is InChI=1S/C13H8Cl2N2OS/c1-18-17-12-6-5-11(19-12)8(7-16)13-9(14)3-2-4-10(13)15/h2-6H,1H3/b11-8+,17-12?. The van der Waals surface area contributed by atoms with Gasteiger partial charge in [-0.25, -0.2) is 0 Å².